The maximum absolute atomic E-state index is 13.2. The molecular weight excluding hydrogens is 416 g/mol. The average molecular weight is 459 g/mol. The van der Waals surface area contributed by atoms with Gasteiger partial charge in [0.1, 0.15) is 0 Å². The molecule has 1 N–H and O–H groups in total. The van der Waals surface area contributed by atoms with E-state index in [1.54, 1.807) is 11.1 Å². The van der Waals surface area contributed by atoms with Gasteiger partial charge in [-0.25, -0.2) is 4.79 Å². The molecule has 182 valence electrons. The monoisotopic (exact) mass is 458 g/mol. The van der Waals surface area contributed by atoms with Crippen LogP contribution < -0.4 is 10.2 Å². The number of hydrogen-bond acceptors (Lipinski definition) is 1. The standard InChI is InChI=1S/C31H42N2O/c1-5-6-7-8-9-11-17-28-20-22-30(23-21-28)33(25-29-18-12-10-13-19-29)31(34)32-24-27(4)16-14-15-26(2)3/h10,12-16,18-24H,5-9,11,17,25H2,1-4H3,(H,32,34)/b16-14-,27-24+. The second-order valence-corrected chi connectivity index (χ2v) is 9.20. The predicted octanol–water partition coefficient (Wildman–Crippen LogP) is 8.73. The van der Waals surface area contributed by atoms with Gasteiger partial charge in [0.05, 0.1) is 6.54 Å². The maximum Gasteiger partial charge on any atom is 0.326 e. The van der Waals surface area contributed by atoms with Crippen molar-refractivity contribution < 1.29 is 4.79 Å². The Labute approximate surface area is 207 Å². The summed E-state index contributed by atoms with van der Waals surface area (Å²) in [6, 6.07) is 18.4. The van der Waals surface area contributed by atoms with Gasteiger partial charge in [-0.15, -0.1) is 0 Å². The molecule has 34 heavy (non-hydrogen) atoms. The molecule has 2 aromatic carbocycles. The largest absolute Gasteiger partial charge is 0.326 e. The van der Waals surface area contributed by atoms with Gasteiger partial charge in [-0.3, -0.25) is 4.90 Å². The van der Waals surface area contributed by atoms with Crippen LogP contribution in [-0.2, 0) is 13.0 Å². The zero-order valence-corrected chi connectivity index (χ0v) is 21.5. The number of aryl methyl sites for hydroxylation is 1. The molecule has 0 atom stereocenters. The molecule has 2 amide bonds. The number of rotatable bonds is 13. The number of carbonyl (C=O) groups excluding carboxylic acids is 1. The molecule has 2 aromatic rings. The molecule has 0 bridgehead atoms. The van der Waals surface area contributed by atoms with Gasteiger partial charge >= 0.3 is 6.03 Å². The number of hydrogen-bond donors (Lipinski definition) is 1. The highest BCUT2D eigenvalue weighted by molar-refractivity contribution is 5.92. The van der Waals surface area contributed by atoms with Gasteiger partial charge in [0.2, 0.25) is 0 Å². The minimum absolute atomic E-state index is 0.137. The first-order valence-electron chi connectivity index (χ1n) is 12.7. The molecule has 0 aliphatic heterocycles. The van der Waals surface area contributed by atoms with E-state index in [2.05, 4.69) is 62.5 Å². The highest BCUT2D eigenvalue weighted by Crippen LogP contribution is 2.20. The molecule has 0 saturated carbocycles. The molecule has 0 unspecified atom stereocenters. The van der Waals surface area contributed by atoms with Gasteiger partial charge < -0.3 is 5.32 Å². The summed E-state index contributed by atoms with van der Waals surface area (Å²) < 4.78 is 0. The lowest BCUT2D eigenvalue weighted by atomic mass is 10.0. The third kappa shape index (κ3) is 10.7. The Morgan fingerprint density at radius 1 is 0.853 bits per heavy atom. The van der Waals surface area contributed by atoms with Crippen LogP contribution in [0.15, 0.2) is 90.2 Å². The SMILES string of the molecule is CCCCCCCCc1ccc(N(Cc2ccccc2)C(=O)N/C=C(C)/C=C\C=C(C)C)cc1. The third-order valence-corrected chi connectivity index (χ3v) is 5.71. The second kappa shape index (κ2) is 15.7. The molecule has 0 spiro atoms. The Bertz CT molecular complexity index is 935. The van der Waals surface area contributed by atoms with Crippen molar-refractivity contribution in [2.75, 3.05) is 4.90 Å². The van der Waals surface area contributed by atoms with Crippen LogP contribution in [0.2, 0.25) is 0 Å². The fourth-order valence-corrected chi connectivity index (χ4v) is 3.69. The lowest BCUT2D eigenvalue weighted by Crippen LogP contribution is -2.37. The van der Waals surface area contributed by atoms with Crippen molar-refractivity contribution in [1.29, 1.82) is 0 Å². The summed E-state index contributed by atoms with van der Waals surface area (Å²) in [6.07, 6.45) is 16.7. The number of carbonyl (C=O) groups is 1. The van der Waals surface area contributed by atoms with Gasteiger partial charge in [0, 0.05) is 11.9 Å². The zero-order valence-electron chi connectivity index (χ0n) is 21.5. The van der Waals surface area contributed by atoms with Gasteiger partial charge in [0.25, 0.3) is 0 Å². The summed E-state index contributed by atoms with van der Waals surface area (Å²) in [6.45, 7) is 8.87. The lowest BCUT2D eigenvalue weighted by Gasteiger charge is -2.23. The topological polar surface area (TPSA) is 32.3 Å². The smallest absolute Gasteiger partial charge is 0.314 e. The predicted molar refractivity (Wildman–Crippen MR) is 147 cm³/mol. The van der Waals surface area contributed by atoms with Crippen LogP contribution in [0.5, 0.6) is 0 Å². The molecule has 0 aromatic heterocycles. The van der Waals surface area contributed by atoms with Crippen LogP contribution in [0, 0.1) is 0 Å². The van der Waals surface area contributed by atoms with Crippen molar-refractivity contribution in [3.63, 3.8) is 0 Å². The van der Waals surface area contributed by atoms with E-state index in [9.17, 15) is 4.79 Å². The molecule has 0 radical (unpaired) electrons. The Morgan fingerprint density at radius 2 is 1.53 bits per heavy atom. The minimum atomic E-state index is -0.137. The van der Waals surface area contributed by atoms with E-state index in [4.69, 9.17) is 0 Å². The van der Waals surface area contributed by atoms with E-state index < -0.39 is 0 Å². The normalized spacial score (nSPS) is 11.5. The Balaban J connectivity index is 2.06. The van der Waals surface area contributed by atoms with Crippen LogP contribution in [0.1, 0.15) is 77.3 Å². The molecule has 0 fully saturated rings. The molecule has 0 heterocycles. The van der Waals surface area contributed by atoms with E-state index in [0.717, 1.165) is 23.2 Å². The number of anilines is 1. The molecule has 3 nitrogen and oxygen atoms in total. The van der Waals surface area contributed by atoms with Crippen LogP contribution in [-0.4, -0.2) is 6.03 Å². The van der Waals surface area contributed by atoms with Crippen molar-refractivity contribution in [2.45, 2.75) is 79.2 Å². The van der Waals surface area contributed by atoms with Crippen LogP contribution in [0.3, 0.4) is 0 Å². The quantitative estimate of drug-likeness (QED) is 0.236. The number of amides is 2. The molecule has 0 aliphatic rings. The van der Waals surface area contributed by atoms with Crippen molar-refractivity contribution in [1.82, 2.24) is 5.32 Å². The summed E-state index contributed by atoms with van der Waals surface area (Å²) >= 11 is 0. The number of unbranched alkanes of at least 4 members (excludes halogenated alkanes) is 5. The Hall–Kier alpha value is -3.07. The van der Waals surface area contributed by atoms with Gasteiger partial charge in [-0.05, 0) is 62.4 Å². The number of benzene rings is 2. The summed E-state index contributed by atoms with van der Waals surface area (Å²) in [7, 11) is 0. The summed E-state index contributed by atoms with van der Waals surface area (Å²) in [4.78, 5) is 14.9. The van der Waals surface area contributed by atoms with Crippen LogP contribution in [0.25, 0.3) is 0 Å². The summed E-state index contributed by atoms with van der Waals surface area (Å²) in [5.41, 5.74) is 5.55. The number of allylic oxidation sites excluding steroid dienone is 5. The molecule has 0 saturated heterocycles. The van der Waals surface area contributed by atoms with E-state index in [1.165, 1.54) is 49.7 Å². The molecule has 2 rings (SSSR count). The number of nitrogens with one attached hydrogen (secondary N) is 1. The fraction of sp³-hybridized carbons (Fsp3) is 0.387. The van der Waals surface area contributed by atoms with Crippen molar-refractivity contribution in [3.8, 4) is 0 Å². The van der Waals surface area contributed by atoms with E-state index in [0.29, 0.717) is 6.54 Å². The Kier molecular flexibility index (Phi) is 12.6. The number of urea groups is 1. The van der Waals surface area contributed by atoms with E-state index in [-0.39, 0.29) is 6.03 Å². The second-order valence-electron chi connectivity index (χ2n) is 9.20. The van der Waals surface area contributed by atoms with Crippen LogP contribution >= 0.6 is 0 Å². The van der Waals surface area contributed by atoms with Crippen molar-refractivity contribution >= 4 is 11.7 Å². The Morgan fingerprint density at radius 3 is 2.21 bits per heavy atom. The van der Waals surface area contributed by atoms with Crippen molar-refractivity contribution in [2.24, 2.45) is 0 Å². The number of nitrogens with zero attached hydrogens (tertiary/aromatic N) is 1. The van der Waals surface area contributed by atoms with Gasteiger partial charge in [-0.1, -0.05) is 105 Å². The maximum atomic E-state index is 13.2. The highest BCUT2D eigenvalue weighted by atomic mass is 16.2. The third-order valence-electron chi connectivity index (χ3n) is 5.71. The minimum Gasteiger partial charge on any atom is -0.314 e. The van der Waals surface area contributed by atoms with Gasteiger partial charge in [0.15, 0.2) is 0 Å². The molecule has 3 heteroatoms. The summed E-state index contributed by atoms with van der Waals surface area (Å²) in [5.74, 6) is 0. The molecule has 0 aliphatic carbocycles. The van der Waals surface area contributed by atoms with Crippen LogP contribution in [0.4, 0.5) is 10.5 Å². The average Bonchev–Trinajstić information content (AvgIpc) is 2.84. The highest BCUT2D eigenvalue weighted by Gasteiger charge is 2.15. The molecular formula is C31H42N2O. The fourth-order valence-electron chi connectivity index (χ4n) is 3.69. The van der Waals surface area contributed by atoms with Gasteiger partial charge in [-0.2, -0.15) is 0 Å². The first-order chi connectivity index (χ1) is 16.5. The first kappa shape index (κ1) is 27.2. The van der Waals surface area contributed by atoms with Crippen molar-refractivity contribution in [3.05, 3.63) is 101 Å². The van der Waals surface area contributed by atoms with E-state index in [1.807, 2.05) is 43.4 Å². The summed E-state index contributed by atoms with van der Waals surface area (Å²) in [5, 5.41) is 2.97. The zero-order chi connectivity index (χ0) is 24.6. The first-order valence-corrected chi connectivity index (χ1v) is 12.7. The lowest BCUT2D eigenvalue weighted by molar-refractivity contribution is 0.249. The van der Waals surface area contributed by atoms with E-state index >= 15 is 0 Å².